The molecule has 1 aliphatic heterocycles. The van der Waals surface area contributed by atoms with Crippen LogP contribution in [0.2, 0.25) is 0 Å². The molecule has 0 radical (unpaired) electrons. The summed E-state index contributed by atoms with van der Waals surface area (Å²) in [5.41, 5.74) is 3.52. The van der Waals surface area contributed by atoms with Gasteiger partial charge < -0.3 is 15.0 Å². The average Bonchev–Trinajstić information content (AvgIpc) is 3.42. The lowest BCUT2D eigenvalue weighted by atomic mass is 9.97. The van der Waals surface area contributed by atoms with Crippen LogP contribution in [-0.4, -0.2) is 47.8 Å². The number of rotatable bonds is 8. The van der Waals surface area contributed by atoms with Crippen LogP contribution in [0.25, 0.3) is 21.8 Å². The van der Waals surface area contributed by atoms with E-state index >= 15 is 0 Å². The van der Waals surface area contributed by atoms with Gasteiger partial charge in [0.05, 0.1) is 24.4 Å². The fourth-order valence-corrected chi connectivity index (χ4v) is 5.27. The molecule has 1 unspecified atom stereocenters. The van der Waals surface area contributed by atoms with Gasteiger partial charge in [0.25, 0.3) is 0 Å². The van der Waals surface area contributed by atoms with Crippen LogP contribution in [0.15, 0.2) is 66.0 Å². The Bertz CT molecular complexity index is 1330. The van der Waals surface area contributed by atoms with Gasteiger partial charge >= 0.3 is 0 Å². The molecule has 9 heteroatoms. The summed E-state index contributed by atoms with van der Waals surface area (Å²) in [4.78, 5) is 19.7. The maximum absolute atomic E-state index is 13.2. The first-order chi connectivity index (χ1) is 18.1. The number of aromatic nitrogens is 3. The van der Waals surface area contributed by atoms with Crippen LogP contribution in [0, 0.1) is 11.7 Å². The molecule has 2 aromatic heterocycles. The summed E-state index contributed by atoms with van der Waals surface area (Å²) in [6, 6.07) is 17.8. The summed E-state index contributed by atoms with van der Waals surface area (Å²) in [6.45, 7) is 1.99. The summed E-state index contributed by atoms with van der Waals surface area (Å²) in [6.07, 6.45) is 2.45. The Hall–Kier alpha value is -3.85. The van der Waals surface area contributed by atoms with Gasteiger partial charge in [-0.3, -0.25) is 4.79 Å². The molecule has 190 valence electrons. The highest BCUT2D eigenvalue weighted by molar-refractivity contribution is 7.13. The maximum Gasteiger partial charge on any atom is 0.224 e. The lowest BCUT2D eigenvalue weighted by molar-refractivity contribution is -0.125. The summed E-state index contributed by atoms with van der Waals surface area (Å²) >= 11 is 1.60. The Morgan fingerprint density at radius 2 is 1.86 bits per heavy atom. The number of nitrogens with one attached hydrogen (secondary N) is 1. The minimum absolute atomic E-state index is 0.0613. The van der Waals surface area contributed by atoms with E-state index in [4.69, 9.17) is 9.72 Å². The van der Waals surface area contributed by atoms with E-state index in [-0.39, 0.29) is 17.6 Å². The third-order valence-electron chi connectivity index (χ3n) is 6.48. The van der Waals surface area contributed by atoms with Gasteiger partial charge in [-0.1, -0.05) is 0 Å². The molecule has 0 bridgehead atoms. The smallest absolute Gasteiger partial charge is 0.224 e. The number of carbonyl (C=O) groups is 1. The van der Waals surface area contributed by atoms with Crippen molar-refractivity contribution in [2.24, 2.45) is 5.92 Å². The van der Waals surface area contributed by atoms with E-state index < -0.39 is 0 Å². The Kier molecular flexibility index (Phi) is 7.70. The molecule has 1 aliphatic rings. The van der Waals surface area contributed by atoms with Crippen molar-refractivity contribution in [1.29, 1.82) is 0 Å². The first kappa shape index (κ1) is 24.8. The molecule has 1 fully saturated rings. The highest BCUT2D eigenvalue weighted by Gasteiger charge is 2.26. The van der Waals surface area contributed by atoms with Gasteiger partial charge in [-0.2, -0.15) is 0 Å². The zero-order valence-corrected chi connectivity index (χ0v) is 21.4. The van der Waals surface area contributed by atoms with Crippen molar-refractivity contribution in [3.63, 3.8) is 0 Å². The van der Waals surface area contributed by atoms with Crippen molar-refractivity contribution < 1.29 is 13.9 Å². The third kappa shape index (κ3) is 6.11. The van der Waals surface area contributed by atoms with Crippen molar-refractivity contribution in [3.8, 4) is 27.6 Å². The zero-order chi connectivity index (χ0) is 25.6. The van der Waals surface area contributed by atoms with Crippen LogP contribution in [-0.2, 0) is 11.2 Å². The number of hydrogen-bond donors (Lipinski definition) is 1. The van der Waals surface area contributed by atoms with Crippen molar-refractivity contribution >= 4 is 23.1 Å². The molecule has 0 aliphatic carbocycles. The van der Waals surface area contributed by atoms with Gasteiger partial charge in [-0.25, -0.2) is 9.37 Å². The molecule has 4 aromatic rings. The number of amides is 1. The van der Waals surface area contributed by atoms with Gasteiger partial charge in [0.1, 0.15) is 16.6 Å². The summed E-state index contributed by atoms with van der Waals surface area (Å²) in [5.74, 6) is 1.25. The van der Waals surface area contributed by atoms with E-state index in [2.05, 4.69) is 20.4 Å². The number of carbonyl (C=O) groups excluding carboxylic acids is 1. The second-order valence-electron chi connectivity index (χ2n) is 8.98. The van der Waals surface area contributed by atoms with Gasteiger partial charge in [0, 0.05) is 42.6 Å². The minimum Gasteiger partial charge on any atom is -0.497 e. The number of methoxy groups -OCH3 is 1. The van der Waals surface area contributed by atoms with Crippen LogP contribution in [0.3, 0.4) is 0 Å². The van der Waals surface area contributed by atoms with Crippen molar-refractivity contribution in [2.75, 3.05) is 31.6 Å². The monoisotopic (exact) mass is 517 g/mol. The molecule has 0 spiro atoms. The van der Waals surface area contributed by atoms with Crippen LogP contribution in [0.1, 0.15) is 18.5 Å². The molecule has 3 heterocycles. The van der Waals surface area contributed by atoms with E-state index in [1.165, 1.54) is 12.1 Å². The number of ether oxygens (including phenoxy) is 1. The van der Waals surface area contributed by atoms with E-state index in [0.717, 1.165) is 52.8 Å². The van der Waals surface area contributed by atoms with Crippen molar-refractivity contribution in [3.05, 3.63) is 77.6 Å². The first-order valence-corrected chi connectivity index (χ1v) is 13.2. The number of nitrogens with zero attached hydrogens (tertiary/aromatic N) is 4. The number of thiazole rings is 1. The zero-order valence-electron chi connectivity index (χ0n) is 20.6. The first-order valence-electron chi connectivity index (χ1n) is 12.3. The van der Waals surface area contributed by atoms with Crippen molar-refractivity contribution in [2.45, 2.75) is 19.3 Å². The molecule has 7 nitrogen and oxygen atoms in total. The second-order valence-corrected chi connectivity index (χ2v) is 9.84. The van der Waals surface area contributed by atoms with Gasteiger partial charge in [0.15, 0.2) is 5.82 Å². The average molecular weight is 518 g/mol. The van der Waals surface area contributed by atoms with E-state index in [9.17, 15) is 9.18 Å². The molecule has 1 atom stereocenters. The Morgan fingerprint density at radius 3 is 2.59 bits per heavy atom. The maximum atomic E-state index is 13.2. The Balaban J connectivity index is 1.12. The molecular formula is C28H28FN5O2S. The highest BCUT2D eigenvalue weighted by Crippen LogP contribution is 2.26. The van der Waals surface area contributed by atoms with Crippen LogP contribution >= 0.6 is 11.3 Å². The molecule has 37 heavy (non-hydrogen) atoms. The second kappa shape index (κ2) is 11.5. The van der Waals surface area contributed by atoms with E-state index in [1.807, 2.05) is 41.8 Å². The Labute approximate surface area is 219 Å². The number of halogens is 1. The van der Waals surface area contributed by atoms with Gasteiger partial charge in [-0.05, 0) is 73.5 Å². The standard InChI is InChI=1S/C28H28FN5O2S/c1-36-24-10-6-20(7-11-24)28-31-23(18-37-28)14-15-30-27(35)21-3-2-16-34(17-21)26-13-12-25(32-33-26)19-4-8-22(29)9-5-19/h4-13,18,21H,2-3,14-17H2,1H3,(H,30,35). The fourth-order valence-electron chi connectivity index (χ4n) is 4.41. The SMILES string of the molecule is COc1ccc(-c2nc(CCNC(=O)C3CCCN(c4ccc(-c5ccc(F)cc5)nn4)C3)cs2)cc1. The third-order valence-corrected chi connectivity index (χ3v) is 7.42. The molecule has 1 N–H and O–H groups in total. The topological polar surface area (TPSA) is 80.2 Å². The normalized spacial score (nSPS) is 15.4. The molecular weight excluding hydrogens is 489 g/mol. The minimum atomic E-state index is -0.282. The van der Waals surface area contributed by atoms with Gasteiger partial charge in [-0.15, -0.1) is 21.5 Å². The summed E-state index contributed by atoms with van der Waals surface area (Å²) < 4.78 is 18.4. The highest BCUT2D eigenvalue weighted by atomic mass is 32.1. The molecule has 1 amide bonds. The molecule has 5 rings (SSSR count). The largest absolute Gasteiger partial charge is 0.497 e. The molecule has 2 aromatic carbocycles. The van der Waals surface area contributed by atoms with Crippen LogP contribution in [0.5, 0.6) is 5.75 Å². The summed E-state index contributed by atoms with van der Waals surface area (Å²) in [7, 11) is 1.65. The Morgan fingerprint density at radius 1 is 1.08 bits per heavy atom. The van der Waals surface area contributed by atoms with Gasteiger partial charge in [0.2, 0.25) is 5.91 Å². The lowest BCUT2D eigenvalue weighted by Crippen LogP contribution is -2.43. The lowest BCUT2D eigenvalue weighted by Gasteiger charge is -2.32. The number of benzene rings is 2. The predicted molar refractivity (Wildman–Crippen MR) is 143 cm³/mol. The molecule has 1 saturated heterocycles. The van der Waals surface area contributed by atoms with E-state index in [1.54, 1.807) is 30.6 Å². The fraction of sp³-hybridized carbons (Fsp3) is 0.286. The number of piperidine rings is 1. The predicted octanol–water partition coefficient (Wildman–Crippen LogP) is 4.99. The van der Waals surface area contributed by atoms with Crippen LogP contribution < -0.4 is 15.0 Å². The number of anilines is 1. The molecule has 0 saturated carbocycles. The number of hydrogen-bond acceptors (Lipinski definition) is 7. The summed E-state index contributed by atoms with van der Waals surface area (Å²) in [5, 5.41) is 14.8. The van der Waals surface area contributed by atoms with Crippen LogP contribution in [0.4, 0.5) is 10.2 Å². The van der Waals surface area contributed by atoms with E-state index in [0.29, 0.717) is 25.2 Å². The van der Waals surface area contributed by atoms with Crippen molar-refractivity contribution in [1.82, 2.24) is 20.5 Å². The quantitative estimate of drug-likeness (QED) is 0.355.